The number of benzene rings is 1. The summed E-state index contributed by atoms with van der Waals surface area (Å²) >= 11 is 0. The lowest BCUT2D eigenvalue weighted by atomic mass is 10.3. The van der Waals surface area contributed by atoms with Crippen LogP contribution in [0.2, 0.25) is 0 Å². The molecular weight excluding hydrogens is 288 g/mol. The molecular formula is C15H14N2O3S. The third kappa shape index (κ3) is 2.17. The molecule has 0 saturated heterocycles. The van der Waals surface area contributed by atoms with Gasteiger partial charge in [-0.2, -0.15) is 0 Å². The zero-order chi connectivity index (χ0) is 15.0. The Hall–Kier alpha value is -2.34. The Morgan fingerprint density at radius 3 is 2.52 bits per heavy atom. The third-order valence-electron chi connectivity index (χ3n) is 3.27. The van der Waals surface area contributed by atoms with E-state index in [0.717, 1.165) is 0 Å². The number of hydrogen-bond acceptors (Lipinski definition) is 4. The van der Waals surface area contributed by atoms with Crippen molar-refractivity contribution in [1.29, 1.82) is 0 Å². The fraction of sp³-hybridized carbons (Fsp3) is 0.133. The van der Waals surface area contributed by atoms with Crippen molar-refractivity contribution in [1.82, 2.24) is 8.96 Å². The SMILES string of the molecule is COc1cnc2cc(C)n(S(=O)(=O)c3ccccc3)c2c1. The van der Waals surface area contributed by atoms with Gasteiger partial charge in [-0.3, -0.25) is 4.98 Å². The molecule has 0 unspecified atom stereocenters. The second-order valence-corrected chi connectivity index (χ2v) is 6.43. The van der Waals surface area contributed by atoms with Crippen LogP contribution in [0.3, 0.4) is 0 Å². The lowest BCUT2D eigenvalue weighted by molar-refractivity contribution is 0.413. The van der Waals surface area contributed by atoms with Gasteiger partial charge in [-0.25, -0.2) is 12.4 Å². The first-order chi connectivity index (χ1) is 10.0. The Morgan fingerprint density at radius 1 is 1.14 bits per heavy atom. The van der Waals surface area contributed by atoms with Gasteiger partial charge in [0.1, 0.15) is 5.75 Å². The van der Waals surface area contributed by atoms with E-state index in [4.69, 9.17) is 4.74 Å². The molecule has 2 heterocycles. The number of nitrogens with zero attached hydrogens (tertiary/aromatic N) is 2. The predicted octanol–water partition coefficient (Wildman–Crippen LogP) is 2.59. The van der Waals surface area contributed by atoms with Gasteiger partial charge in [0.05, 0.1) is 29.2 Å². The van der Waals surface area contributed by atoms with E-state index in [9.17, 15) is 8.42 Å². The van der Waals surface area contributed by atoms with Crippen molar-refractivity contribution in [2.75, 3.05) is 7.11 Å². The molecule has 2 aromatic heterocycles. The largest absolute Gasteiger partial charge is 0.495 e. The molecule has 6 heteroatoms. The molecule has 0 bridgehead atoms. The molecule has 3 rings (SSSR count). The number of methoxy groups -OCH3 is 1. The molecule has 0 saturated carbocycles. The summed E-state index contributed by atoms with van der Waals surface area (Å²) in [6, 6.07) is 11.8. The highest BCUT2D eigenvalue weighted by Crippen LogP contribution is 2.26. The Morgan fingerprint density at radius 2 is 1.86 bits per heavy atom. The molecule has 0 atom stereocenters. The first kappa shape index (κ1) is 13.6. The standard InChI is InChI=1S/C15H14N2O3S/c1-11-8-14-15(9-12(20-2)10-16-14)17(11)21(18,19)13-6-4-3-5-7-13/h3-10H,1-2H3. The highest BCUT2D eigenvalue weighted by Gasteiger charge is 2.21. The summed E-state index contributed by atoms with van der Waals surface area (Å²) in [4.78, 5) is 4.47. The second kappa shape index (κ2) is 4.89. The molecule has 108 valence electrons. The topological polar surface area (TPSA) is 61.2 Å². The van der Waals surface area contributed by atoms with Gasteiger partial charge >= 0.3 is 0 Å². The maximum absolute atomic E-state index is 12.8. The van der Waals surface area contributed by atoms with Crippen LogP contribution in [0.25, 0.3) is 11.0 Å². The number of rotatable bonds is 3. The van der Waals surface area contributed by atoms with Crippen LogP contribution in [-0.2, 0) is 10.0 Å². The second-order valence-electron chi connectivity index (χ2n) is 4.65. The molecule has 0 aliphatic rings. The highest BCUT2D eigenvalue weighted by atomic mass is 32.2. The lowest BCUT2D eigenvalue weighted by Crippen LogP contribution is -2.14. The fourth-order valence-electron chi connectivity index (χ4n) is 2.29. The number of fused-ring (bicyclic) bond motifs is 1. The molecule has 0 radical (unpaired) electrons. The molecule has 1 aromatic carbocycles. The van der Waals surface area contributed by atoms with Crippen LogP contribution in [0.4, 0.5) is 0 Å². The summed E-state index contributed by atoms with van der Waals surface area (Å²) < 4.78 is 32.1. The van der Waals surface area contributed by atoms with E-state index in [-0.39, 0.29) is 4.90 Å². The molecule has 21 heavy (non-hydrogen) atoms. The number of ether oxygens (including phenoxy) is 1. The normalized spacial score (nSPS) is 11.7. The molecule has 0 spiro atoms. The van der Waals surface area contributed by atoms with E-state index in [0.29, 0.717) is 22.5 Å². The van der Waals surface area contributed by atoms with E-state index in [1.165, 1.54) is 11.1 Å². The summed E-state index contributed by atoms with van der Waals surface area (Å²) in [5, 5.41) is 0. The Balaban J connectivity index is 2.32. The van der Waals surface area contributed by atoms with E-state index in [1.54, 1.807) is 55.6 Å². The Kier molecular flexibility index (Phi) is 3.17. The zero-order valence-corrected chi connectivity index (χ0v) is 12.5. The van der Waals surface area contributed by atoms with E-state index in [2.05, 4.69) is 4.98 Å². The van der Waals surface area contributed by atoms with Crippen LogP contribution in [0.15, 0.2) is 53.6 Å². The molecule has 0 fully saturated rings. The Labute approximate surface area is 122 Å². The summed E-state index contributed by atoms with van der Waals surface area (Å²) in [5.41, 5.74) is 1.73. The van der Waals surface area contributed by atoms with Crippen LogP contribution in [0.1, 0.15) is 5.69 Å². The van der Waals surface area contributed by atoms with Crippen molar-refractivity contribution >= 4 is 21.1 Å². The summed E-state index contributed by atoms with van der Waals surface area (Å²) in [5.74, 6) is 0.519. The molecule has 3 aromatic rings. The van der Waals surface area contributed by atoms with Gasteiger partial charge in [0.15, 0.2) is 0 Å². The smallest absolute Gasteiger partial charge is 0.268 e. The van der Waals surface area contributed by atoms with Crippen molar-refractivity contribution in [3.05, 3.63) is 54.4 Å². The number of aryl methyl sites for hydroxylation is 1. The van der Waals surface area contributed by atoms with Crippen molar-refractivity contribution in [3.63, 3.8) is 0 Å². The summed E-state index contributed by atoms with van der Waals surface area (Å²) in [6.07, 6.45) is 1.57. The average Bonchev–Trinajstić information content (AvgIpc) is 2.83. The predicted molar refractivity (Wildman–Crippen MR) is 80.0 cm³/mol. The van der Waals surface area contributed by atoms with Crippen LogP contribution >= 0.6 is 0 Å². The molecule has 0 aliphatic heterocycles. The lowest BCUT2D eigenvalue weighted by Gasteiger charge is -2.10. The summed E-state index contributed by atoms with van der Waals surface area (Å²) in [6.45, 7) is 1.74. The molecule has 5 nitrogen and oxygen atoms in total. The van der Waals surface area contributed by atoms with Gasteiger partial charge in [0.25, 0.3) is 10.0 Å². The van der Waals surface area contributed by atoms with E-state index >= 15 is 0 Å². The van der Waals surface area contributed by atoms with Crippen molar-refractivity contribution in [2.45, 2.75) is 11.8 Å². The van der Waals surface area contributed by atoms with Gasteiger partial charge in [-0.15, -0.1) is 0 Å². The van der Waals surface area contributed by atoms with Gasteiger partial charge in [0.2, 0.25) is 0 Å². The zero-order valence-electron chi connectivity index (χ0n) is 11.6. The monoisotopic (exact) mass is 302 g/mol. The van der Waals surface area contributed by atoms with E-state index < -0.39 is 10.0 Å². The van der Waals surface area contributed by atoms with Crippen LogP contribution in [0.5, 0.6) is 5.75 Å². The first-order valence-corrected chi connectivity index (χ1v) is 7.81. The van der Waals surface area contributed by atoms with Crippen LogP contribution < -0.4 is 4.74 Å². The molecule has 0 aliphatic carbocycles. The van der Waals surface area contributed by atoms with Crippen molar-refractivity contribution < 1.29 is 13.2 Å². The van der Waals surface area contributed by atoms with E-state index in [1.807, 2.05) is 0 Å². The maximum atomic E-state index is 12.8. The minimum absolute atomic E-state index is 0.244. The van der Waals surface area contributed by atoms with Gasteiger partial charge in [0, 0.05) is 11.8 Å². The maximum Gasteiger partial charge on any atom is 0.268 e. The molecule has 0 N–H and O–H groups in total. The highest BCUT2D eigenvalue weighted by molar-refractivity contribution is 7.90. The van der Waals surface area contributed by atoms with Gasteiger partial charge in [-0.1, -0.05) is 18.2 Å². The van der Waals surface area contributed by atoms with Gasteiger partial charge < -0.3 is 4.74 Å². The van der Waals surface area contributed by atoms with Crippen LogP contribution in [0, 0.1) is 6.92 Å². The summed E-state index contributed by atoms with van der Waals surface area (Å²) in [7, 11) is -2.13. The third-order valence-corrected chi connectivity index (χ3v) is 5.11. The fourth-order valence-corrected chi connectivity index (χ4v) is 3.84. The number of pyridine rings is 1. The average molecular weight is 302 g/mol. The van der Waals surface area contributed by atoms with Gasteiger partial charge in [-0.05, 0) is 25.1 Å². The van der Waals surface area contributed by atoms with Crippen molar-refractivity contribution in [3.8, 4) is 5.75 Å². The minimum Gasteiger partial charge on any atom is -0.495 e. The minimum atomic E-state index is -3.66. The number of hydrogen-bond donors (Lipinski definition) is 0. The Bertz CT molecular complexity index is 899. The number of aromatic nitrogens is 2. The quantitative estimate of drug-likeness (QED) is 0.746. The molecule has 0 amide bonds. The van der Waals surface area contributed by atoms with Crippen molar-refractivity contribution in [2.24, 2.45) is 0 Å². The first-order valence-electron chi connectivity index (χ1n) is 6.37. The van der Waals surface area contributed by atoms with Crippen LogP contribution in [-0.4, -0.2) is 24.5 Å².